The number of nitrogens with zero attached hydrogens (tertiary/aromatic N) is 18. The van der Waals surface area contributed by atoms with Gasteiger partial charge in [0.25, 0.3) is 30.7 Å². The van der Waals surface area contributed by atoms with E-state index in [1.165, 1.54) is 31.1 Å². The van der Waals surface area contributed by atoms with Gasteiger partial charge < -0.3 is 68.8 Å². The van der Waals surface area contributed by atoms with Gasteiger partial charge in [-0.1, -0.05) is 59.6 Å². The number of fused-ring (bicyclic) bond motifs is 3. The molecule has 3 fully saturated rings. The van der Waals surface area contributed by atoms with Crippen molar-refractivity contribution < 1.29 is 217 Å². The van der Waals surface area contributed by atoms with Crippen LogP contribution in [0.5, 0.6) is 29.0 Å². The van der Waals surface area contributed by atoms with E-state index in [2.05, 4.69) is 112 Å². The third kappa shape index (κ3) is 34.2. The molecule has 15 rings (SSSR count). The molecule has 4 N–H and O–H groups in total. The molecule has 3 aliphatic rings. The number of amides is 6. The normalized spacial score (nSPS) is 14.2. The number of ether oxygens (including phenoxy) is 5. The molecule has 3 aromatic carbocycles. The Morgan fingerprint density at radius 1 is 0.493 bits per heavy atom. The number of halogens is 4. The number of hydrogen-bond donors (Lipinski definition) is 4. The van der Waals surface area contributed by atoms with E-state index >= 15 is 0 Å². The van der Waals surface area contributed by atoms with Crippen molar-refractivity contribution in [1.29, 1.82) is 0 Å². The van der Waals surface area contributed by atoms with E-state index < -0.39 is 11.2 Å². The molecule has 3 saturated heterocycles. The number of anilines is 3. The smallest absolute Gasteiger partial charge is 1.00 e. The first-order valence-electron chi connectivity index (χ1n) is 42.2. The van der Waals surface area contributed by atoms with Crippen molar-refractivity contribution in [2.75, 3.05) is 55.2 Å². The summed E-state index contributed by atoms with van der Waals surface area (Å²) in [6.45, 7) is 26.2. The maximum Gasteiger partial charge on any atom is 1.00 e. The van der Waals surface area contributed by atoms with Crippen molar-refractivity contribution in [3.05, 3.63) is 227 Å². The predicted octanol–water partition coefficient (Wildman–Crippen LogP) is 10.7. The van der Waals surface area contributed by atoms with Gasteiger partial charge in [0, 0.05) is 122 Å². The molecule has 0 saturated carbocycles. The van der Waals surface area contributed by atoms with Crippen LogP contribution in [0.4, 0.5) is 27.4 Å². The van der Waals surface area contributed by atoms with E-state index in [9.17, 15) is 33.9 Å². The zero-order valence-corrected chi connectivity index (χ0v) is 93.3. The molecule has 0 radical (unpaired) electrons. The van der Waals surface area contributed by atoms with Crippen LogP contribution in [0.3, 0.4) is 0 Å². The van der Waals surface area contributed by atoms with E-state index in [1.54, 1.807) is 137 Å². The van der Waals surface area contributed by atoms with Crippen LogP contribution in [0.1, 0.15) is 167 Å². The molecule has 3 aliphatic heterocycles. The Morgan fingerprint density at radius 3 is 1.14 bits per heavy atom. The number of rotatable bonds is 17. The first kappa shape index (κ1) is 114. The molecular weight excluding hydrogens is 2100 g/mol. The second-order valence-electron chi connectivity index (χ2n) is 31.8. The molecule has 12 aromatic rings. The minimum absolute atomic E-state index is 0. The van der Waals surface area contributed by atoms with E-state index in [0.717, 1.165) is 81.1 Å². The van der Waals surface area contributed by atoms with E-state index in [1.807, 2.05) is 76.0 Å². The second-order valence-corrected chi connectivity index (χ2v) is 33.4. The number of carbonyl (C=O) groups is 8. The fourth-order valence-corrected chi connectivity index (χ4v) is 15.0. The van der Waals surface area contributed by atoms with Gasteiger partial charge >= 0.3 is 150 Å². The molecule has 0 spiro atoms. The number of phenolic OH excluding ortho intramolecular Hbond substituents is 1. The van der Waals surface area contributed by atoms with E-state index in [0.29, 0.717) is 152 Å². The van der Waals surface area contributed by atoms with Gasteiger partial charge in [-0.25, -0.2) is 54.4 Å². The molecule has 43 heteroatoms. The van der Waals surface area contributed by atoms with Crippen LogP contribution in [0.25, 0.3) is 33.1 Å². The fraction of sp³-hybridized carbons (Fsp3) is 0.305. The molecule has 6 amide bonds. The van der Waals surface area contributed by atoms with Gasteiger partial charge in [0.1, 0.15) is 67.7 Å². The van der Waals surface area contributed by atoms with Gasteiger partial charge in [-0.2, -0.15) is 0 Å². The predicted molar refractivity (Wildman–Crippen MR) is 510 cm³/mol. The number of nitrogens with one attached hydrogen (secondary N) is 3. The molecule has 710 valence electrons. The average Bonchev–Trinajstić information content (AvgIpc) is 1.62. The van der Waals surface area contributed by atoms with Crippen molar-refractivity contribution in [2.45, 2.75) is 149 Å². The fourth-order valence-electron chi connectivity index (χ4n) is 14.1. The molecule has 0 unspecified atom stereocenters. The van der Waals surface area contributed by atoms with Crippen molar-refractivity contribution in [3.8, 4) is 65.5 Å². The standard InChI is InChI=1S/C29H32ClN7O4.C27H26ClN7O3.C25H30ClN5O4.C6H2.C4H3ClN2.C3H4O2.CH2O3.2Cs.H/c1-18-15-19(10-13-32-18)26(38)35-27-34-21-8-9-22(40-23-11-12-31-17-33-23)24(30)25(21)37(27)20-7-5-6-14-36(16-20)28(39)41-29(2,3)4;1-3-23(36)34-13-5-4-6-19(15-34)35-25-20(7-8-21(24(25)28)38-22-10-11-29-16-31-22)32-27(35)33-26(37)18-9-12-30-17(2)14-18;1-15-13-16(10-11-27-15)22(33)29-23-28-18-8-9-19(32)20(26)21(18)31(23)17-7-5-6-12-30(14-17)24(34)35-25(2,3)4;1-3-5-6-4-2;5-4-1-2-6-3-7-4;1-2-5-3-4;2-1-4-3;;;/h8-13,15,17,20H,5-7,14,16H2,1-4H3,(H,34,35,38);3,7-12,14,16,19H,1,4-6,13,15H2,2H3,(H,32,33,37);8-11,13,17,32H,5-7,12,14H2,1-4H3,(H,28,29,33);1-2H;1-3H;2-3H,1H2;1,3H;;;/q;;;;;;;2*+1;-1/p-1/t20-;19-;17-;;;;;;;/m111......./s1. The quantitative estimate of drug-likeness (QED) is 0.00961. The van der Waals surface area contributed by atoms with E-state index in [4.69, 9.17) is 103 Å². The summed E-state index contributed by atoms with van der Waals surface area (Å²) < 4.78 is 32.8. The first-order valence-corrected chi connectivity index (χ1v) is 43.7. The number of terminal acetylenes is 2. The molecule has 138 heavy (non-hydrogen) atoms. The summed E-state index contributed by atoms with van der Waals surface area (Å²) in [5.41, 5.74) is 5.63. The van der Waals surface area contributed by atoms with Crippen molar-refractivity contribution in [1.82, 2.24) is 88.2 Å². The molecule has 37 nitrogen and oxygen atoms in total. The van der Waals surface area contributed by atoms with Gasteiger partial charge in [0.05, 0.1) is 57.5 Å². The summed E-state index contributed by atoms with van der Waals surface area (Å²) in [7, 11) is 0. The molecule has 3 atom stereocenters. The van der Waals surface area contributed by atoms with Crippen molar-refractivity contribution >= 4 is 146 Å². The number of likely N-dealkylation sites (tertiary alicyclic amines) is 3. The Kier molecular flexibility index (Phi) is 46.9. The average molecular weight is 2200 g/mol. The summed E-state index contributed by atoms with van der Waals surface area (Å²) >= 11 is 25.8. The monoisotopic (exact) mass is 2200 g/mol. The van der Waals surface area contributed by atoms with Gasteiger partial charge in [-0.05, 0) is 229 Å². The molecule has 12 heterocycles. The number of benzene rings is 3. The SMILES string of the molecule is C#CC#CC#C.C=CC(=O)N1CCCC[C@@H](n2c(NC(=O)c3ccnc(C)c3)nc3ccc(Oc4ccncn4)c(Cl)c32)C1.C=COC=O.Cc1cc(C(=O)Nc2nc3ccc(O)c(Cl)c3n2[C@@H]2CCCCN(C(=O)OC(C)(C)C)C2)ccn1.Cc1cc(C(=O)Nc2nc3ccc(Oc4ccncn4)c(Cl)c3n2[C@@H]2CCCCN(C(=O)OC(C)(C)C)C2)ccn1.Clc1ccncn1.O=CO[O-].[Cs+].[Cs+].[H-]. The van der Waals surface area contributed by atoms with Crippen LogP contribution in [-0.4, -0.2) is 193 Å². The van der Waals surface area contributed by atoms with Crippen LogP contribution in [-0.2, 0) is 33.5 Å². The molecular formula is C95H99Cl4Cs2N21O16. The Hall–Kier alpha value is -11.1. The van der Waals surface area contributed by atoms with Crippen LogP contribution < -0.4 is 168 Å². The van der Waals surface area contributed by atoms with Crippen LogP contribution in [0, 0.1) is 57.3 Å². The van der Waals surface area contributed by atoms with Gasteiger partial charge in [0.2, 0.25) is 35.5 Å². The number of aryl methyl sites for hydroxylation is 3. The third-order valence-corrected chi connectivity index (χ3v) is 21.1. The Balaban J connectivity index is 0.000000285. The molecule has 0 aliphatic carbocycles. The summed E-state index contributed by atoms with van der Waals surface area (Å²) in [5, 5.41) is 28.8. The summed E-state index contributed by atoms with van der Waals surface area (Å²) in [4.78, 5) is 154. The van der Waals surface area contributed by atoms with E-state index in [-0.39, 0.29) is 210 Å². The minimum atomic E-state index is -0.626. The van der Waals surface area contributed by atoms with Gasteiger partial charge in [0.15, 0.2) is 0 Å². The largest absolute Gasteiger partial charge is 1.00 e. The zero-order valence-electron chi connectivity index (χ0n) is 78.7. The van der Waals surface area contributed by atoms with Crippen molar-refractivity contribution in [3.63, 3.8) is 0 Å². The number of aromatic hydroxyl groups is 1. The molecule has 0 bridgehead atoms. The Labute approximate surface area is 935 Å². The number of phenols is 1. The number of hydrogen-bond acceptors (Lipinski definition) is 28. The number of aromatic nitrogens is 15. The Morgan fingerprint density at radius 2 is 0.848 bits per heavy atom. The van der Waals surface area contributed by atoms with Crippen molar-refractivity contribution in [2.24, 2.45) is 0 Å². The topological polar surface area (TPSA) is 451 Å². The van der Waals surface area contributed by atoms with Gasteiger partial charge in [-0.15, -0.1) is 12.8 Å². The summed E-state index contributed by atoms with van der Waals surface area (Å²) in [6.07, 6.45) is 32.0. The number of carbonyl (C=O) groups excluding carboxylic acids is 8. The Bertz CT molecular complexity index is 6350. The first-order chi connectivity index (χ1) is 65.2. The second kappa shape index (κ2) is 56.8. The zero-order chi connectivity index (χ0) is 98.6. The third-order valence-electron chi connectivity index (χ3n) is 19.7. The van der Waals surface area contributed by atoms with Crippen LogP contribution >= 0.6 is 46.4 Å². The summed E-state index contributed by atoms with van der Waals surface area (Å²) in [5.74, 6) is 9.75. The number of imidazole rings is 3. The van der Waals surface area contributed by atoms with Crippen LogP contribution in [0.15, 0.2) is 173 Å². The molecule has 9 aromatic heterocycles. The number of pyridine rings is 3. The minimum Gasteiger partial charge on any atom is -1.00 e. The maximum atomic E-state index is 13.3. The summed E-state index contributed by atoms with van der Waals surface area (Å²) in [6, 6.07) is 24.3. The van der Waals surface area contributed by atoms with Gasteiger partial charge in [-0.3, -0.25) is 59.7 Å². The maximum absolute atomic E-state index is 13.3. The van der Waals surface area contributed by atoms with Crippen LogP contribution in [0.2, 0.25) is 20.2 Å².